The molecule has 0 aliphatic carbocycles. The van der Waals surface area contributed by atoms with Crippen LogP contribution in [0.3, 0.4) is 0 Å². The van der Waals surface area contributed by atoms with Crippen molar-refractivity contribution in [1.29, 1.82) is 0 Å². The van der Waals surface area contributed by atoms with Crippen LogP contribution < -0.4 is 10.6 Å². The highest BCUT2D eigenvalue weighted by Crippen LogP contribution is 2.20. The Bertz CT molecular complexity index is 458. The Balaban J connectivity index is 2.50. The molecule has 1 aromatic rings. The van der Waals surface area contributed by atoms with E-state index in [0.29, 0.717) is 0 Å². The average molecular weight is 264 g/mol. The van der Waals surface area contributed by atoms with Gasteiger partial charge in [0.2, 0.25) is 5.91 Å². The summed E-state index contributed by atoms with van der Waals surface area (Å²) >= 11 is 0. The average Bonchev–Trinajstić information content (AvgIpc) is 2.37. The number of carboxylic acids is 1. The normalized spacial score (nSPS) is 10.2. The molecule has 0 aliphatic heterocycles. The van der Waals surface area contributed by atoms with Crippen LogP contribution in [-0.4, -0.2) is 30.1 Å². The predicted octanol–water partition coefficient (Wildman–Crippen LogP) is 1.56. The molecular weight excluding hydrogens is 244 g/mol. The van der Waals surface area contributed by atoms with Gasteiger partial charge in [0.15, 0.2) is 0 Å². The first-order valence-electron chi connectivity index (χ1n) is 6.35. The summed E-state index contributed by atoms with van der Waals surface area (Å²) in [7, 11) is 0. The third-order valence-electron chi connectivity index (χ3n) is 2.81. The fourth-order valence-corrected chi connectivity index (χ4v) is 1.78. The minimum Gasteiger partial charge on any atom is -0.481 e. The highest BCUT2D eigenvalue weighted by atomic mass is 16.4. The maximum Gasteiger partial charge on any atom is 0.304 e. The van der Waals surface area contributed by atoms with E-state index in [9.17, 15) is 9.59 Å². The highest BCUT2D eigenvalue weighted by Gasteiger charge is 2.08. The first-order chi connectivity index (χ1) is 9.04. The van der Waals surface area contributed by atoms with Gasteiger partial charge in [-0.2, -0.15) is 0 Å². The molecule has 0 heterocycles. The number of para-hydroxylation sites is 1. The minimum absolute atomic E-state index is 0.0118. The van der Waals surface area contributed by atoms with Crippen molar-refractivity contribution < 1.29 is 14.7 Å². The van der Waals surface area contributed by atoms with Crippen LogP contribution in [0, 0.1) is 6.92 Å². The Kier molecular flexibility index (Phi) is 6.02. The van der Waals surface area contributed by atoms with Crippen LogP contribution in [-0.2, 0) is 16.0 Å². The largest absolute Gasteiger partial charge is 0.481 e. The van der Waals surface area contributed by atoms with Crippen LogP contribution in [0.15, 0.2) is 18.2 Å². The van der Waals surface area contributed by atoms with Gasteiger partial charge in [-0.1, -0.05) is 25.1 Å². The number of nitrogens with one attached hydrogen (secondary N) is 2. The Morgan fingerprint density at radius 1 is 1.32 bits per heavy atom. The monoisotopic (exact) mass is 264 g/mol. The van der Waals surface area contributed by atoms with Gasteiger partial charge >= 0.3 is 5.97 Å². The van der Waals surface area contributed by atoms with Crippen LogP contribution in [0.1, 0.15) is 24.5 Å². The second-order valence-electron chi connectivity index (χ2n) is 4.33. The molecular formula is C14H20N2O3. The second-order valence-corrected chi connectivity index (χ2v) is 4.33. The summed E-state index contributed by atoms with van der Waals surface area (Å²) in [5, 5.41) is 14.1. The molecule has 0 bridgehead atoms. The fraction of sp³-hybridized carbons (Fsp3) is 0.429. The zero-order valence-electron chi connectivity index (χ0n) is 11.3. The Morgan fingerprint density at radius 3 is 2.68 bits per heavy atom. The molecule has 104 valence electrons. The number of benzene rings is 1. The van der Waals surface area contributed by atoms with E-state index in [1.807, 2.05) is 32.0 Å². The summed E-state index contributed by atoms with van der Waals surface area (Å²) in [4.78, 5) is 22.1. The van der Waals surface area contributed by atoms with E-state index in [1.54, 1.807) is 0 Å². The van der Waals surface area contributed by atoms with Crippen molar-refractivity contribution in [1.82, 2.24) is 5.32 Å². The number of rotatable bonds is 7. The van der Waals surface area contributed by atoms with Crippen molar-refractivity contribution in [3.63, 3.8) is 0 Å². The van der Waals surface area contributed by atoms with Gasteiger partial charge in [0.25, 0.3) is 0 Å². The van der Waals surface area contributed by atoms with Crippen LogP contribution in [0.5, 0.6) is 0 Å². The molecule has 3 N–H and O–H groups in total. The Labute approximate surface area is 113 Å². The topological polar surface area (TPSA) is 78.4 Å². The number of anilines is 1. The third-order valence-corrected chi connectivity index (χ3v) is 2.81. The lowest BCUT2D eigenvalue weighted by Crippen LogP contribution is -2.30. The van der Waals surface area contributed by atoms with Gasteiger partial charge in [0.05, 0.1) is 13.0 Å². The zero-order valence-corrected chi connectivity index (χ0v) is 11.3. The van der Waals surface area contributed by atoms with Crippen LogP contribution in [0.2, 0.25) is 0 Å². The van der Waals surface area contributed by atoms with Crippen molar-refractivity contribution in [2.45, 2.75) is 26.7 Å². The molecule has 0 saturated carbocycles. The molecule has 1 aromatic carbocycles. The van der Waals surface area contributed by atoms with Gasteiger partial charge in [0.1, 0.15) is 0 Å². The van der Waals surface area contributed by atoms with E-state index in [1.165, 1.54) is 0 Å². The molecule has 0 unspecified atom stereocenters. The van der Waals surface area contributed by atoms with E-state index in [2.05, 4.69) is 10.6 Å². The van der Waals surface area contributed by atoms with Crippen LogP contribution in [0.25, 0.3) is 0 Å². The predicted molar refractivity (Wildman–Crippen MR) is 74.3 cm³/mol. The zero-order chi connectivity index (χ0) is 14.3. The molecule has 1 amide bonds. The molecule has 0 aliphatic rings. The lowest BCUT2D eigenvalue weighted by atomic mass is 10.1. The molecule has 0 spiro atoms. The molecule has 1 rings (SSSR count). The van der Waals surface area contributed by atoms with E-state index in [-0.39, 0.29) is 25.4 Å². The van der Waals surface area contributed by atoms with Crippen molar-refractivity contribution in [3.05, 3.63) is 29.3 Å². The van der Waals surface area contributed by atoms with Gasteiger partial charge < -0.3 is 15.7 Å². The molecule has 0 radical (unpaired) electrons. The summed E-state index contributed by atoms with van der Waals surface area (Å²) in [5.41, 5.74) is 2.98. The van der Waals surface area contributed by atoms with E-state index < -0.39 is 5.97 Å². The summed E-state index contributed by atoms with van der Waals surface area (Å²) in [6, 6.07) is 5.90. The van der Waals surface area contributed by atoms with Gasteiger partial charge in [0, 0.05) is 12.2 Å². The highest BCUT2D eigenvalue weighted by molar-refractivity contribution is 5.93. The number of hydrogen-bond donors (Lipinski definition) is 3. The lowest BCUT2D eigenvalue weighted by molar-refractivity contribution is -0.137. The smallest absolute Gasteiger partial charge is 0.304 e. The molecule has 0 aromatic heterocycles. The minimum atomic E-state index is -0.875. The summed E-state index contributed by atoms with van der Waals surface area (Å²) in [6.07, 6.45) is 0.863. The van der Waals surface area contributed by atoms with Gasteiger partial charge in [-0.3, -0.25) is 9.59 Å². The summed E-state index contributed by atoms with van der Waals surface area (Å²) < 4.78 is 0. The fourth-order valence-electron chi connectivity index (χ4n) is 1.78. The van der Waals surface area contributed by atoms with Gasteiger partial charge in [-0.15, -0.1) is 0 Å². The number of aryl methyl sites for hydroxylation is 2. The van der Waals surface area contributed by atoms with Crippen molar-refractivity contribution in [3.8, 4) is 0 Å². The number of aliphatic carboxylic acids is 1. The number of carbonyl (C=O) groups is 2. The van der Waals surface area contributed by atoms with Gasteiger partial charge in [-0.25, -0.2) is 0 Å². The summed E-state index contributed by atoms with van der Waals surface area (Å²) in [5.74, 6) is -1.03. The second kappa shape index (κ2) is 7.53. The maximum absolute atomic E-state index is 11.8. The first kappa shape index (κ1) is 15.2. The number of amides is 1. The number of hydrogen-bond acceptors (Lipinski definition) is 3. The van der Waals surface area contributed by atoms with E-state index >= 15 is 0 Å². The van der Waals surface area contributed by atoms with Crippen LogP contribution in [0.4, 0.5) is 5.69 Å². The summed E-state index contributed by atoms with van der Waals surface area (Å²) in [6.45, 7) is 4.39. The molecule has 0 saturated heterocycles. The number of carbonyl (C=O) groups excluding carboxylic acids is 1. The third kappa shape index (κ3) is 5.09. The van der Waals surface area contributed by atoms with Crippen molar-refractivity contribution in [2.75, 3.05) is 18.4 Å². The molecule has 5 nitrogen and oxygen atoms in total. The molecule has 0 fully saturated rings. The van der Waals surface area contributed by atoms with E-state index in [4.69, 9.17) is 5.11 Å². The van der Waals surface area contributed by atoms with Crippen LogP contribution >= 0.6 is 0 Å². The van der Waals surface area contributed by atoms with Crippen molar-refractivity contribution in [2.24, 2.45) is 0 Å². The maximum atomic E-state index is 11.8. The number of carboxylic acid groups (broad SMARTS) is 1. The van der Waals surface area contributed by atoms with E-state index in [0.717, 1.165) is 23.2 Å². The Hall–Kier alpha value is -1.88. The first-order valence-corrected chi connectivity index (χ1v) is 6.35. The lowest BCUT2D eigenvalue weighted by Gasteiger charge is -2.13. The van der Waals surface area contributed by atoms with Gasteiger partial charge in [-0.05, 0) is 24.5 Å². The Morgan fingerprint density at radius 2 is 2.05 bits per heavy atom. The van der Waals surface area contributed by atoms with Crippen molar-refractivity contribution >= 4 is 17.6 Å². The SMILES string of the molecule is CCc1cccc(C)c1NC(=O)CNCCC(=O)O. The quantitative estimate of drug-likeness (QED) is 0.653. The molecule has 19 heavy (non-hydrogen) atoms. The molecule has 0 atom stereocenters. The molecule has 5 heteroatoms. The standard InChI is InChI=1S/C14H20N2O3/c1-3-11-6-4-5-10(2)14(11)16-12(17)9-15-8-7-13(18)19/h4-6,15H,3,7-9H2,1-2H3,(H,16,17)(H,18,19).